The number of urea groups is 1. The zero-order valence-corrected chi connectivity index (χ0v) is 14.6. The molecule has 26 heavy (non-hydrogen) atoms. The van der Waals surface area contributed by atoms with Gasteiger partial charge in [0.2, 0.25) is 11.8 Å². The van der Waals surface area contributed by atoms with E-state index in [4.69, 9.17) is 5.73 Å². The van der Waals surface area contributed by atoms with Crippen LogP contribution in [0.2, 0.25) is 0 Å². The largest absolute Gasteiger partial charge is 0.369 e. The molecule has 0 spiro atoms. The predicted molar refractivity (Wildman–Crippen MR) is 92.5 cm³/mol. The number of piperidine rings is 1. The smallest absolute Gasteiger partial charge is 0.325 e. The van der Waals surface area contributed by atoms with Crippen molar-refractivity contribution in [3.05, 3.63) is 35.9 Å². The van der Waals surface area contributed by atoms with E-state index in [9.17, 15) is 19.2 Å². The lowest BCUT2D eigenvalue weighted by molar-refractivity contribution is -0.140. The molecule has 5 amide bonds. The van der Waals surface area contributed by atoms with E-state index in [1.165, 1.54) is 4.90 Å². The molecule has 0 bridgehead atoms. The third-order valence-electron chi connectivity index (χ3n) is 5.10. The maximum absolute atomic E-state index is 12.8. The summed E-state index contributed by atoms with van der Waals surface area (Å²) < 4.78 is 0. The summed E-state index contributed by atoms with van der Waals surface area (Å²) in [5, 5.41) is 2.67. The van der Waals surface area contributed by atoms with Gasteiger partial charge in [0.15, 0.2) is 0 Å². The van der Waals surface area contributed by atoms with E-state index in [2.05, 4.69) is 5.32 Å². The van der Waals surface area contributed by atoms with E-state index in [1.807, 2.05) is 6.07 Å². The van der Waals surface area contributed by atoms with E-state index in [0.717, 1.165) is 4.90 Å². The number of nitrogens with two attached hydrogens (primary N) is 1. The monoisotopic (exact) mass is 358 g/mol. The Morgan fingerprint density at radius 2 is 1.96 bits per heavy atom. The van der Waals surface area contributed by atoms with Gasteiger partial charge >= 0.3 is 6.03 Å². The van der Waals surface area contributed by atoms with Gasteiger partial charge in [0.1, 0.15) is 12.1 Å². The number of carbonyl (C=O) groups excluding carboxylic acids is 4. The second-order valence-electron chi connectivity index (χ2n) is 6.89. The van der Waals surface area contributed by atoms with Gasteiger partial charge in [-0.3, -0.25) is 19.3 Å². The molecular weight excluding hydrogens is 336 g/mol. The van der Waals surface area contributed by atoms with Crippen LogP contribution < -0.4 is 11.1 Å². The Hall–Kier alpha value is -2.90. The number of nitrogens with zero attached hydrogens (tertiary/aromatic N) is 2. The predicted octanol–water partition coefficient (Wildman–Crippen LogP) is 0.178. The Morgan fingerprint density at radius 1 is 1.27 bits per heavy atom. The maximum Gasteiger partial charge on any atom is 0.325 e. The van der Waals surface area contributed by atoms with Crippen molar-refractivity contribution in [3.8, 4) is 0 Å². The highest BCUT2D eigenvalue weighted by molar-refractivity contribution is 6.09. The van der Waals surface area contributed by atoms with Crippen LogP contribution in [0.5, 0.6) is 0 Å². The Balaban J connectivity index is 1.72. The number of rotatable bonds is 4. The van der Waals surface area contributed by atoms with Crippen LogP contribution in [-0.2, 0) is 19.9 Å². The highest BCUT2D eigenvalue weighted by atomic mass is 16.2. The SMILES string of the molecule is C[C@@]1(c2ccccc2)NC(=O)N(CC(=O)N2CCC[C@H](C(N)=O)C2)C1=O. The van der Waals surface area contributed by atoms with E-state index in [-0.39, 0.29) is 24.9 Å². The molecule has 138 valence electrons. The third-order valence-corrected chi connectivity index (χ3v) is 5.10. The minimum absolute atomic E-state index is 0.230. The summed E-state index contributed by atoms with van der Waals surface area (Å²) in [6.45, 7) is 1.99. The Kier molecular flexibility index (Phi) is 4.67. The van der Waals surface area contributed by atoms with Crippen molar-refractivity contribution < 1.29 is 19.2 Å². The van der Waals surface area contributed by atoms with Crippen LogP contribution in [0.4, 0.5) is 4.79 Å². The Labute approximate surface area is 151 Å². The molecule has 3 N–H and O–H groups in total. The molecule has 3 rings (SSSR count). The fourth-order valence-electron chi connectivity index (χ4n) is 3.48. The molecule has 2 fully saturated rings. The molecule has 8 heteroatoms. The lowest BCUT2D eigenvalue weighted by atomic mass is 9.92. The zero-order chi connectivity index (χ0) is 18.9. The van der Waals surface area contributed by atoms with Crippen molar-refractivity contribution >= 4 is 23.8 Å². The third kappa shape index (κ3) is 3.14. The van der Waals surface area contributed by atoms with Gasteiger partial charge in [-0.2, -0.15) is 0 Å². The molecule has 2 aliphatic heterocycles. The summed E-state index contributed by atoms with van der Waals surface area (Å²) in [5.74, 6) is -1.65. The molecule has 8 nitrogen and oxygen atoms in total. The highest BCUT2D eigenvalue weighted by Crippen LogP contribution is 2.28. The van der Waals surface area contributed by atoms with E-state index >= 15 is 0 Å². The molecule has 2 atom stereocenters. The van der Waals surface area contributed by atoms with E-state index in [1.54, 1.807) is 31.2 Å². The fourth-order valence-corrected chi connectivity index (χ4v) is 3.48. The normalized spacial score (nSPS) is 26.0. The van der Waals surface area contributed by atoms with E-state index in [0.29, 0.717) is 24.9 Å². The van der Waals surface area contributed by atoms with Crippen LogP contribution in [-0.4, -0.2) is 53.2 Å². The zero-order valence-electron chi connectivity index (χ0n) is 14.6. The Morgan fingerprint density at radius 3 is 2.62 bits per heavy atom. The number of carbonyl (C=O) groups is 4. The van der Waals surface area contributed by atoms with E-state index < -0.39 is 23.4 Å². The molecule has 1 aromatic carbocycles. The molecule has 0 radical (unpaired) electrons. The van der Waals surface area contributed by atoms with Crippen molar-refractivity contribution in [2.45, 2.75) is 25.3 Å². The summed E-state index contributed by atoms with van der Waals surface area (Å²) in [7, 11) is 0. The summed E-state index contributed by atoms with van der Waals surface area (Å²) >= 11 is 0. The quantitative estimate of drug-likeness (QED) is 0.747. The number of nitrogens with one attached hydrogen (secondary N) is 1. The first-order chi connectivity index (χ1) is 12.3. The standard InChI is InChI=1S/C18H22N4O4/c1-18(13-7-3-2-4-8-13)16(25)22(17(26)20-18)11-14(23)21-9-5-6-12(10-21)15(19)24/h2-4,7-8,12H,5-6,9-11H2,1H3,(H2,19,24)(H,20,26)/t12-,18-/m0/s1. The minimum atomic E-state index is -1.20. The molecule has 2 heterocycles. The Bertz CT molecular complexity index is 751. The summed E-state index contributed by atoms with van der Waals surface area (Å²) in [4.78, 5) is 51.5. The highest BCUT2D eigenvalue weighted by Gasteiger charge is 2.49. The molecular formula is C18H22N4O4. The average molecular weight is 358 g/mol. The second kappa shape index (κ2) is 6.78. The first-order valence-electron chi connectivity index (χ1n) is 8.59. The van der Waals surface area contributed by atoms with Crippen LogP contribution in [0, 0.1) is 5.92 Å². The van der Waals surface area contributed by atoms with Gasteiger partial charge in [-0.05, 0) is 25.3 Å². The number of imide groups is 1. The number of hydrogen-bond acceptors (Lipinski definition) is 4. The maximum atomic E-state index is 12.8. The van der Waals surface area contributed by atoms with Gasteiger partial charge in [0, 0.05) is 13.1 Å². The van der Waals surface area contributed by atoms with Crippen LogP contribution in [0.1, 0.15) is 25.3 Å². The molecule has 2 saturated heterocycles. The average Bonchev–Trinajstić information content (AvgIpc) is 2.86. The topological polar surface area (TPSA) is 113 Å². The summed E-state index contributed by atoms with van der Waals surface area (Å²) in [5.41, 5.74) is 4.79. The van der Waals surface area contributed by atoms with Gasteiger partial charge < -0.3 is 16.0 Å². The lowest BCUT2D eigenvalue weighted by Crippen LogP contribution is -2.49. The van der Waals surface area contributed by atoms with Crippen LogP contribution in [0.25, 0.3) is 0 Å². The fraction of sp³-hybridized carbons (Fsp3) is 0.444. The van der Waals surface area contributed by atoms with Crippen molar-refractivity contribution in [2.75, 3.05) is 19.6 Å². The first-order valence-corrected chi connectivity index (χ1v) is 8.59. The number of primary amides is 1. The molecule has 0 saturated carbocycles. The minimum Gasteiger partial charge on any atom is -0.369 e. The van der Waals surface area contributed by atoms with Gasteiger partial charge in [0.05, 0.1) is 5.92 Å². The number of hydrogen-bond donors (Lipinski definition) is 2. The van der Waals surface area contributed by atoms with Gasteiger partial charge in [0.25, 0.3) is 5.91 Å². The number of benzene rings is 1. The van der Waals surface area contributed by atoms with Crippen LogP contribution in [0.3, 0.4) is 0 Å². The van der Waals surface area contributed by atoms with Crippen molar-refractivity contribution in [2.24, 2.45) is 11.7 Å². The summed E-state index contributed by atoms with van der Waals surface area (Å²) in [6.07, 6.45) is 1.32. The molecule has 0 aromatic heterocycles. The molecule has 0 unspecified atom stereocenters. The second-order valence-corrected chi connectivity index (χ2v) is 6.89. The van der Waals surface area contributed by atoms with Crippen molar-refractivity contribution in [1.82, 2.24) is 15.1 Å². The molecule has 0 aliphatic carbocycles. The number of amides is 5. The van der Waals surface area contributed by atoms with Crippen molar-refractivity contribution in [1.29, 1.82) is 0 Å². The van der Waals surface area contributed by atoms with Crippen LogP contribution in [0.15, 0.2) is 30.3 Å². The molecule has 1 aromatic rings. The summed E-state index contributed by atoms with van der Waals surface area (Å²) in [6, 6.07) is 8.30. The molecule has 2 aliphatic rings. The first kappa shape index (κ1) is 17.9. The van der Waals surface area contributed by atoms with Gasteiger partial charge in [-0.15, -0.1) is 0 Å². The lowest BCUT2D eigenvalue weighted by Gasteiger charge is -2.32. The number of likely N-dealkylation sites (tertiary alicyclic amines) is 1. The van der Waals surface area contributed by atoms with Crippen molar-refractivity contribution in [3.63, 3.8) is 0 Å². The van der Waals surface area contributed by atoms with Gasteiger partial charge in [-0.1, -0.05) is 30.3 Å². The van der Waals surface area contributed by atoms with Crippen LogP contribution >= 0.6 is 0 Å². The van der Waals surface area contributed by atoms with Gasteiger partial charge in [-0.25, -0.2) is 4.79 Å².